The second-order valence-corrected chi connectivity index (χ2v) is 2.97. The van der Waals surface area contributed by atoms with Crippen LogP contribution in [-0.4, -0.2) is 5.11 Å². The predicted molar refractivity (Wildman–Crippen MR) is 51.7 cm³/mol. The van der Waals surface area contributed by atoms with Gasteiger partial charge in [0.15, 0.2) is 0 Å². The molecular weight excluding hydrogens is 186 g/mol. The molecule has 0 aliphatic heterocycles. The van der Waals surface area contributed by atoms with E-state index in [4.69, 9.17) is 16.9 Å². The molecule has 0 saturated heterocycles. The molecule has 0 radical (unpaired) electrons. The van der Waals surface area contributed by atoms with Gasteiger partial charge in [-0.15, -0.1) is 6.58 Å². The largest absolute Gasteiger partial charge is 0.508 e. The van der Waals surface area contributed by atoms with E-state index < -0.39 is 0 Å². The first-order valence-electron chi connectivity index (χ1n) is 3.71. The van der Waals surface area contributed by atoms with Crippen LogP contribution in [0.3, 0.4) is 0 Å². The van der Waals surface area contributed by atoms with Gasteiger partial charge < -0.3 is 5.11 Å². The topological polar surface area (TPSA) is 44.0 Å². The van der Waals surface area contributed by atoms with E-state index in [1.165, 1.54) is 6.07 Å². The predicted octanol–water partition coefficient (Wildman–Crippen LogP) is 2.65. The summed E-state index contributed by atoms with van der Waals surface area (Å²) in [5.41, 5.74) is 1.03. The lowest BCUT2D eigenvalue weighted by atomic mass is 10.1. The fraction of sp³-hybridized carbons (Fsp3) is 0.100. The van der Waals surface area contributed by atoms with Crippen molar-refractivity contribution in [1.29, 1.82) is 5.26 Å². The minimum Gasteiger partial charge on any atom is -0.508 e. The number of halogens is 1. The summed E-state index contributed by atoms with van der Waals surface area (Å²) in [6, 6.07) is 4.89. The third-order valence-corrected chi connectivity index (χ3v) is 1.97. The average Bonchev–Trinajstić information content (AvgIpc) is 2.10. The van der Waals surface area contributed by atoms with Crippen molar-refractivity contribution in [1.82, 2.24) is 0 Å². The molecule has 0 heterocycles. The van der Waals surface area contributed by atoms with Gasteiger partial charge in [-0.2, -0.15) is 5.26 Å². The quantitative estimate of drug-likeness (QED) is 0.734. The summed E-state index contributed by atoms with van der Waals surface area (Å²) >= 11 is 5.69. The maximum absolute atomic E-state index is 9.40. The summed E-state index contributed by atoms with van der Waals surface area (Å²) in [7, 11) is 0. The third kappa shape index (κ3) is 2.01. The SMILES string of the molecule is C=CCc1cc(C#N)c(Cl)cc1O. The van der Waals surface area contributed by atoms with Crippen molar-refractivity contribution in [3.63, 3.8) is 0 Å². The van der Waals surface area contributed by atoms with E-state index >= 15 is 0 Å². The second-order valence-electron chi connectivity index (χ2n) is 2.57. The Balaban J connectivity index is 3.23. The van der Waals surface area contributed by atoms with E-state index in [1.807, 2.05) is 6.07 Å². The van der Waals surface area contributed by atoms with Crippen molar-refractivity contribution in [3.05, 3.63) is 40.9 Å². The molecule has 0 fully saturated rings. The second kappa shape index (κ2) is 3.97. The van der Waals surface area contributed by atoms with Gasteiger partial charge in [0, 0.05) is 6.07 Å². The van der Waals surface area contributed by atoms with Crippen molar-refractivity contribution in [2.24, 2.45) is 0 Å². The molecule has 1 N–H and O–H groups in total. The lowest BCUT2D eigenvalue weighted by Gasteiger charge is -2.03. The minimum absolute atomic E-state index is 0.101. The number of phenols is 1. The summed E-state index contributed by atoms with van der Waals surface area (Å²) in [5, 5.41) is 18.3. The van der Waals surface area contributed by atoms with E-state index in [0.29, 0.717) is 17.5 Å². The number of phenolic OH excluding ortho intramolecular Hbond substituents is 1. The number of allylic oxidation sites excluding steroid dienone is 1. The number of benzene rings is 1. The number of hydrogen-bond donors (Lipinski definition) is 1. The fourth-order valence-electron chi connectivity index (χ4n) is 1.01. The van der Waals surface area contributed by atoms with Crippen LogP contribution < -0.4 is 0 Å². The van der Waals surface area contributed by atoms with Crippen molar-refractivity contribution in [2.45, 2.75) is 6.42 Å². The van der Waals surface area contributed by atoms with Gasteiger partial charge in [0.05, 0.1) is 10.6 Å². The van der Waals surface area contributed by atoms with Gasteiger partial charge in [0.25, 0.3) is 0 Å². The molecule has 66 valence electrons. The maximum Gasteiger partial charge on any atom is 0.120 e. The van der Waals surface area contributed by atoms with Crippen LogP contribution >= 0.6 is 11.6 Å². The lowest BCUT2D eigenvalue weighted by Crippen LogP contribution is -1.86. The van der Waals surface area contributed by atoms with Gasteiger partial charge in [-0.3, -0.25) is 0 Å². The first-order valence-corrected chi connectivity index (χ1v) is 4.09. The standard InChI is InChI=1S/C10H8ClNO/c1-2-3-7-4-8(6-12)9(11)5-10(7)13/h2,4-5,13H,1,3H2. The van der Waals surface area contributed by atoms with E-state index in [1.54, 1.807) is 12.1 Å². The van der Waals surface area contributed by atoms with Crippen LogP contribution in [0.2, 0.25) is 5.02 Å². The van der Waals surface area contributed by atoms with Gasteiger partial charge in [0.1, 0.15) is 11.8 Å². The molecule has 0 bridgehead atoms. The van der Waals surface area contributed by atoms with Crippen molar-refractivity contribution < 1.29 is 5.11 Å². The lowest BCUT2D eigenvalue weighted by molar-refractivity contribution is 0.469. The van der Waals surface area contributed by atoms with Crippen LogP contribution in [0.5, 0.6) is 5.75 Å². The molecule has 0 unspecified atom stereocenters. The molecular formula is C10H8ClNO. The smallest absolute Gasteiger partial charge is 0.120 e. The Morgan fingerprint density at radius 1 is 1.62 bits per heavy atom. The molecule has 1 aromatic rings. The molecule has 13 heavy (non-hydrogen) atoms. The maximum atomic E-state index is 9.40. The average molecular weight is 194 g/mol. The normalized spacial score (nSPS) is 9.23. The van der Waals surface area contributed by atoms with Gasteiger partial charge >= 0.3 is 0 Å². The Kier molecular flexibility index (Phi) is 2.94. The summed E-state index contributed by atoms with van der Waals surface area (Å²) in [5.74, 6) is 0.101. The highest BCUT2D eigenvalue weighted by atomic mass is 35.5. The zero-order valence-corrected chi connectivity index (χ0v) is 7.67. The van der Waals surface area contributed by atoms with Crippen molar-refractivity contribution >= 4 is 11.6 Å². The molecule has 0 aromatic heterocycles. The van der Waals surface area contributed by atoms with E-state index in [9.17, 15) is 5.11 Å². The molecule has 1 aromatic carbocycles. The summed E-state index contributed by atoms with van der Waals surface area (Å²) < 4.78 is 0. The Labute approximate surface area is 81.7 Å². The van der Waals surface area contributed by atoms with Crippen LogP contribution in [0.1, 0.15) is 11.1 Å². The molecule has 0 atom stereocenters. The Bertz CT molecular complexity index is 379. The van der Waals surface area contributed by atoms with Gasteiger partial charge in [0.2, 0.25) is 0 Å². The first-order chi connectivity index (χ1) is 6.19. The van der Waals surface area contributed by atoms with E-state index in [0.717, 1.165) is 0 Å². The summed E-state index contributed by atoms with van der Waals surface area (Å²) in [4.78, 5) is 0. The third-order valence-electron chi connectivity index (χ3n) is 1.65. The van der Waals surface area contributed by atoms with Crippen molar-refractivity contribution in [2.75, 3.05) is 0 Å². The number of nitrogens with zero attached hydrogens (tertiary/aromatic N) is 1. The fourth-order valence-corrected chi connectivity index (χ4v) is 1.21. The molecule has 2 nitrogen and oxygen atoms in total. The minimum atomic E-state index is 0.101. The molecule has 0 aliphatic rings. The summed E-state index contributed by atoms with van der Waals surface area (Å²) in [6.07, 6.45) is 2.18. The molecule has 0 spiro atoms. The zero-order valence-electron chi connectivity index (χ0n) is 6.92. The molecule has 3 heteroatoms. The number of nitriles is 1. The zero-order chi connectivity index (χ0) is 9.84. The molecule has 1 rings (SSSR count). The number of hydrogen-bond acceptors (Lipinski definition) is 2. The number of rotatable bonds is 2. The van der Waals surface area contributed by atoms with Gasteiger partial charge in [-0.25, -0.2) is 0 Å². The van der Waals surface area contributed by atoms with Crippen LogP contribution in [-0.2, 0) is 6.42 Å². The van der Waals surface area contributed by atoms with Crippen LogP contribution in [0.25, 0.3) is 0 Å². The monoisotopic (exact) mass is 193 g/mol. The number of aromatic hydroxyl groups is 1. The van der Waals surface area contributed by atoms with Gasteiger partial charge in [-0.1, -0.05) is 17.7 Å². The Morgan fingerprint density at radius 3 is 2.85 bits per heavy atom. The van der Waals surface area contributed by atoms with E-state index in [2.05, 4.69) is 6.58 Å². The van der Waals surface area contributed by atoms with Crippen LogP contribution in [0.15, 0.2) is 24.8 Å². The van der Waals surface area contributed by atoms with Crippen LogP contribution in [0, 0.1) is 11.3 Å². The highest BCUT2D eigenvalue weighted by molar-refractivity contribution is 6.31. The highest BCUT2D eigenvalue weighted by Crippen LogP contribution is 2.26. The Hall–Kier alpha value is -1.46. The molecule has 0 amide bonds. The summed E-state index contributed by atoms with van der Waals surface area (Å²) in [6.45, 7) is 3.55. The first kappa shape index (κ1) is 9.63. The Morgan fingerprint density at radius 2 is 2.31 bits per heavy atom. The van der Waals surface area contributed by atoms with Gasteiger partial charge in [-0.05, 0) is 18.1 Å². The molecule has 0 aliphatic carbocycles. The van der Waals surface area contributed by atoms with Crippen LogP contribution in [0.4, 0.5) is 0 Å². The van der Waals surface area contributed by atoms with Crippen molar-refractivity contribution in [3.8, 4) is 11.8 Å². The van der Waals surface area contributed by atoms with E-state index in [-0.39, 0.29) is 10.8 Å². The highest BCUT2D eigenvalue weighted by Gasteiger charge is 2.05. The molecule has 0 saturated carbocycles.